The summed E-state index contributed by atoms with van der Waals surface area (Å²) in [5.41, 5.74) is 2.92. The third-order valence-corrected chi connectivity index (χ3v) is 9.21. The molecule has 0 aliphatic rings. The zero-order chi connectivity index (χ0) is 35.6. The predicted octanol–water partition coefficient (Wildman–Crippen LogP) is 8.74. The Morgan fingerprint density at radius 2 is 1.33 bits per heavy atom. The molecule has 0 aromatic heterocycles. The molecule has 3 N–H and O–H groups in total. The number of carbonyl (C=O) groups excluding carboxylic acids is 3. The van der Waals surface area contributed by atoms with Gasteiger partial charge < -0.3 is 25.4 Å². The summed E-state index contributed by atoms with van der Waals surface area (Å²) in [4.78, 5) is 41.7. The first kappa shape index (κ1) is 34.5. The molecule has 0 radical (unpaired) electrons. The molecular formula is C42H35N3O5S. The Morgan fingerprint density at radius 1 is 0.647 bits per heavy atom. The quantitative estimate of drug-likeness (QED) is 0.0875. The first-order chi connectivity index (χ1) is 24.9. The average molecular weight is 694 g/mol. The van der Waals surface area contributed by atoms with E-state index in [1.54, 1.807) is 66.7 Å². The van der Waals surface area contributed by atoms with Gasteiger partial charge >= 0.3 is 0 Å². The Hall–Kier alpha value is -6.32. The molecule has 1 unspecified atom stereocenters. The normalized spacial score (nSPS) is 11.7. The fraction of sp³-hybridized carbons (Fsp3) is 0.0714. The maximum atomic E-state index is 13.9. The molecule has 0 heterocycles. The number of rotatable bonds is 12. The molecule has 0 saturated carbocycles. The van der Waals surface area contributed by atoms with Gasteiger partial charge in [0.25, 0.3) is 11.8 Å². The molecule has 51 heavy (non-hydrogen) atoms. The van der Waals surface area contributed by atoms with Gasteiger partial charge in [0, 0.05) is 27.4 Å². The second kappa shape index (κ2) is 16.4. The van der Waals surface area contributed by atoms with Crippen molar-refractivity contribution in [3.05, 3.63) is 168 Å². The molecule has 6 aromatic rings. The summed E-state index contributed by atoms with van der Waals surface area (Å²) in [6, 6.07) is 44.5. The van der Waals surface area contributed by atoms with Crippen molar-refractivity contribution in [3.63, 3.8) is 0 Å². The van der Waals surface area contributed by atoms with E-state index in [2.05, 4.69) is 16.0 Å². The van der Waals surface area contributed by atoms with Gasteiger partial charge in [0.05, 0.1) is 14.2 Å². The third-order valence-electron chi connectivity index (χ3n) is 7.97. The highest BCUT2D eigenvalue weighted by atomic mass is 32.2. The van der Waals surface area contributed by atoms with Crippen LogP contribution in [0.2, 0.25) is 0 Å². The van der Waals surface area contributed by atoms with Crippen LogP contribution in [0.3, 0.4) is 0 Å². The Labute approximate surface area is 300 Å². The number of amides is 3. The molecule has 254 valence electrons. The second-order valence-corrected chi connectivity index (χ2v) is 12.6. The van der Waals surface area contributed by atoms with Gasteiger partial charge in [-0.3, -0.25) is 14.4 Å². The first-order valence-corrected chi connectivity index (χ1v) is 17.0. The highest BCUT2D eigenvalue weighted by Crippen LogP contribution is 2.38. The summed E-state index contributed by atoms with van der Waals surface area (Å²) in [5.74, 6) is -0.308. The molecular weight excluding hydrogens is 659 g/mol. The van der Waals surface area contributed by atoms with E-state index in [4.69, 9.17) is 9.47 Å². The van der Waals surface area contributed by atoms with Crippen LogP contribution in [-0.4, -0.2) is 31.9 Å². The Morgan fingerprint density at radius 3 is 2.08 bits per heavy atom. The molecule has 0 fully saturated rings. The number of methoxy groups -OCH3 is 2. The summed E-state index contributed by atoms with van der Waals surface area (Å²) < 4.78 is 11.0. The number of hydrogen-bond acceptors (Lipinski definition) is 6. The van der Waals surface area contributed by atoms with Crippen LogP contribution in [0.25, 0.3) is 16.8 Å². The van der Waals surface area contributed by atoms with Crippen molar-refractivity contribution < 1.29 is 23.9 Å². The lowest BCUT2D eigenvalue weighted by atomic mass is 10.1. The summed E-state index contributed by atoms with van der Waals surface area (Å²) in [7, 11) is 3.03. The van der Waals surface area contributed by atoms with Crippen LogP contribution in [0.15, 0.2) is 156 Å². The van der Waals surface area contributed by atoms with Crippen molar-refractivity contribution in [1.29, 1.82) is 0 Å². The van der Waals surface area contributed by atoms with Crippen LogP contribution in [-0.2, 0) is 9.59 Å². The Kier molecular flexibility index (Phi) is 11.1. The number of carbonyl (C=O) groups is 3. The van der Waals surface area contributed by atoms with E-state index in [-0.39, 0.29) is 11.6 Å². The van der Waals surface area contributed by atoms with Crippen LogP contribution in [0.4, 0.5) is 11.4 Å². The SMILES string of the molecule is COc1cccc(/C=C(/NC(=O)c2ccccc2)C(=O)Nc2cccc(SC(C(=O)Nc3ccc4ccccc4c3)c3ccccc3)c2)c1OC. The summed E-state index contributed by atoms with van der Waals surface area (Å²) >= 11 is 1.36. The van der Waals surface area contributed by atoms with E-state index in [1.807, 2.05) is 84.9 Å². The fourth-order valence-corrected chi connectivity index (χ4v) is 6.56. The minimum atomic E-state index is -0.593. The Balaban J connectivity index is 1.26. The van der Waals surface area contributed by atoms with E-state index in [0.717, 1.165) is 21.2 Å². The van der Waals surface area contributed by atoms with Gasteiger partial charge in [0.1, 0.15) is 10.9 Å². The number of thioether (sulfide) groups is 1. The van der Waals surface area contributed by atoms with E-state index < -0.39 is 17.1 Å². The molecule has 0 spiro atoms. The Bertz CT molecular complexity index is 2210. The minimum Gasteiger partial charge on any atom is -0.493 e. The lowest BCUT2D eigenvalue weighted by Gasteiger charge is -2.18. The lowest BCUT2D eigenvalue weighted by molar-refractivity contribution is -0.116. The van der Waals surface area contributed by atoms with Crippen LogP contribution in [0.1, 0.15) is 26.7 Å². The number of hydrogen-bond donors (Lipinski definition) is 3. The highest BCUT2D eigenvalue weighted by Gasteiger charge is 2.23. The van der Waals surface area contributed by atoms with E-state index in [1.165, 1.54) is 26.0 Å². The number of fused-ring (bicyclic) bond motifs is 1. The third kappa shape index (κ3) is 8.65. The molecule has 0 aliphatic carbocycles. The molecule has 9 heteroatoms. The summed E-state index contributed by atoms with van der Waals surface area (Å²) in [6.07, 6.45) is 1.54. The molecule has 0 bridgehead atoms. The monoisotopic (exact) mass is 693 g/mol. The molecule has 3 amide bonds. The topological polar surface area (TPSA) is 106 Å². The molecule has 1 atom stereocenters. The highest BCUT2D eigenvalue weighted by molar-refractivity contribution is 8.00. The van der Waals surface area contributed by atoms with Crippen molar-refractivity contribution in [2.24, 2.45) is 0 Å². The summed E-state index contributed by atoms with van der Waals surface area (Å²) in [6.45, 7) is 0. The molecule has 0 aliphatic heterocycles. The fourth-order valence-electron chi connectivity index (χ4n) is 5.48. The minimum absolute atomic E-state index is 0.00890. The van der Waals surface area contributed by atoms with E-state index in [0.29, 0.717) is 34.0 Å². The molecule has 0 saturated heterocycles. The standard InChI is InChI=1S/C42H35N3O5S/c1-49-37-22-11-19-32(38(37)50-2)26-36(45-40(46)30-16-7-4-8-17-30)41(47)43-33-20-12-21-35(27-33)51-39(29-14-5-3-6-15-29)42(48)44-34-24-23-28-13-9-10-18-31(28)25-34/h3-27,39H,1-2H3,(H,43,47)(H,44,48)(H,45,46)/b36-26+. The van der Waals surface area contributed by atoms with Crippen molar-refractivity contribution in [3.8, 4) is 11.5 Å². The van der Waals surface area contributed by atoms with Gasteiger partial charge in [-0.25, -0.2) is 0 Å². The predicted molar refractivity (Wildman–Crippen MR) is 204 cm³/mol. The average Bonchev–Trinajstić information content (AvgIpc) is 3.17. The first-order valence-electron chi connectivity index (χ1n) is 16.1. The van der Waals surface area contributed by atoms with E-state index in [9.17, 15) is 14.4 Å². The van der Waals surface area contributed by atoms with Crippen molar-refractivity contribution in [1.82, 2.24) is 5.32 Å². The number of nitrogens with one attached hydrogen (secondary N) is 3. The van der Waals surface area contributed by atoms with Crippen LogP contribution in [0.5, 0.6) is 11.5 Å². The van der Waals surface area contributed by atoms with Crippen LogP contribution in [0, 0.1) is 0 Å². The molecule has 6 aromatic carbocycles. The van der Waals surface area contributed by atoms with Gasteiger partial charge in [0.15, 0.2) is 11.5 Å². The largest absolute Gasteiger partial charge is 0.493 e. The van der Waals surface area contributed by atoms with Crippen molar-refractivity contribution in [2.75, 3.05) is 24.9 Å². The van der Waals surface area contributed by atoms with Gasteiger partial charge in [-0.2, -0.15) is 0 Å². The number of para-hydroxylation sites is 1. The zero-order valence-electron chi connectivity index (χ0n) is 28.0. The van der Waals surface area contributed by atoms with Crippen molar-refractivity contribution >= 4 is 57.7 Å². The lowest BCUT2D eigenvalue weighted by Crippen LogP contribution is -2.30. The number of ether oxygens (including phenoxy) is 2. The number of benzene rings is 6. The van der Waals surface area contributed by atoms with Crippen LogP contribution < -0.4 is 25.4 Å². The van der Waals surface area contributed by atoms with Gasteiger partial charge in [0.2, 0.25) is 5.91 Å². The smallest absolute Gasteiger partial charge is 0.272 e. The maximum absolute atomic E-state index is 13.9. The zero-order valence-corrected chi connectivity index (χ0v) is 28.8. The molecule has 8 nitrogen and oxygen atoms in total. The maximum Gasteiger partial charge on any atom is 0.272 e. The summed E-state index contributed by atoms with van der Waals surface area (Å²) in [5, 5.41) is 10.3. The number of anilines is 2. The van der Waals surface area contributed by atoms with Gasteiger partial charge in [-0.15, -0.1) is 11.8 Å². The van der Waals surface area contributed by atoms with Gasteiger partial charge in [-0.1, -0.05) is 97.1 Å². The molecule has 6 rings (SSSR count). The van der Waals surface area contributed by atoms with Crippen LogP contribution >= 0.6 is 11.8 Å². The van der Waals surface area contributed by atoms with Crippen molar-refractivity contribution in [2.45, 2.75) is 10.1 Å². The second-order valence-electron chi connectivity index (χ2n) is 11.4. The van der Waals surface area contributed by atoms with E-state index >= 15 is 0 Å². The van der Waals surface area contributed by atoms with Gasteiger partial charge in [-0.05, 0) is 70.9 Å².